The van der Waals surface area contributed by atoms with Crippen LogP contribution in [0.25, 0.3) is 0 Å². The van der Waals surface area contributed by atoms with Gasteiger partial charge >= 0.3 is 5.97 Å². The Kier molecular flexibility index (Phi) is 2.85. The van der Waals surface area contributed by atoms with Crippen LogP contribution in [0.4, 0.5) is 0 Å². The lowest BCUT2D eigenvalue weighted by atomic mass is 10.3. The minimum atomic E-state index is -1.10. The summed E-state index contributed by atoms with van der Waals surface area (Å²) in [5.41, 5.74) is 0.0793. The monoisotopic (exact) mass is 198 g/mol. The van der Waals surface area contributed by atoms with E-state index in [0.29, 0.717) is 5.76 Å². The van der Waals surface area contributed by atoms with Crippen molar-refractivity contribution in [2.75, 3.05) is 0 Å². The Hall–Kier alpha value is -1.85. The minimum Gasteiger partial charge on any atom is -0.480 e. The van der Waals surface area contributed by atoms with E-state index in [4.69, 9.17) is 5.11 Å². The van der Waals surface area contributed by atoms with Gasteiger partial charge in [0.15, 0.2) is 5.69 Å². The summed E-state index contributed by atoms with van der Waals surface area (Å²) in [4.78, 5) is 21.7. The number of aromatic nitrogens is 1. The highest BCUT2D eigenvalue weighted by atomic mass is 16.5. The average Bonchev–Trinajstić information content (AvgIpc) is 2.51. The third-order valence-electron chi connectivity index (χ3n) is 1.58. The van der Waals surface area contributed by atoms with Crippen LogP contribution < -0.4 is 5.32 Å². The smallest absolute Gasteiger partial charge is 0.325 e. The average molecular weight is 198 g/mol. The number of aryl methyl sites for hydroxylation is 1. The van der Waals surface area contributed by atoms with E-state index in [9.17, 15) is 9.59 Å². The number of carboxylic acid groups (broad SMARTS) is 1. The minimum absolute atomic E-state index is 0.0793. The van der Waals surface area contributed by atoms with E-state index in [-0.39, 0.29) is 5.69 Å². The van der Waals surface area contributed by atoms with Gasteiger partial charge in [-0.1, -0.05) is 5.16 Å². The normalized spacial score (nSPS) is 12.1. The molecule has 1 amide bonds. The number of hydrogen-bond donors (Lipinski definition) is 2. The molecule has 0 aliphatic carbocycles. The van der Waals surface area contributed by atoms with Gasteiger partial charge in [0.1, 0.15) is 11.8 Å². The molecule has 1 heterocycles. The molecule has 0 saturated carbocycles. The maximum atomic E-state index is 11.3. The van der Waals surface area contributed by atoms with Crippen LogP contribution in [-0.4, -0.2) is 28.2 Å². The molecule has 1 aromatic rings. The van der Waals surface area contributed by atoms with Crippen molar-refractivity contribution in [1.29, 1.82) is 0 Å². The summed E-state index contributed by atoms with van der Waals surface area (Å²) in [6.07, 6.45) is 0. The van der Waals surface area contributed by atoms with E-state index in [2.05, 4.69) is 15.0 Å². The number of amides is 1. The molecule has 0 spiro atoms. The maximum Gasteiger partial charge on any atom is 0.325 e. The molecule has 0 radical (unpaired) electrons. The lowest BCUT2D eigenvalue weighted by Gasteiger charge is -2.06. The van der Waals surface area contributed by atoms with E-state index in [0.717, 1.165) is 0 Å². The highest BCUT2D eigenvalue weighted by Crippen LogP contribution is 2.01. The summed E-state index contributed by atoms with van der Waals surface area (Å²) < 4.78 is 4.67. The number of carbonyl (C=O) groups is 2. The molecule has 1 unspecified atom stereocenters. The molecule has 76 valence electrons. The SMILES string of the molecule is Cc1cc(C(=O)NC(C)C(=O)O)no1. The molecule has 0 aliphatic rings. The van der Waals surface area contributed by atoms with Gasteiger partial charge in [-0.25, -0.2) is 0 Å². The van der Waals surface area contributed by atoms with Gasteiger partial charge < -0.3 is 14.9 Å². The first kappa shape index (κ1) is 10.2. The van der Waals surface area contributed by atoms with Crippen molar-refractivity contribution >= 4 is 11.9 Å². The van der Waals surface area contributed by atoms with Crippen molar-refractivity contribution in [2.24, 2.45) is 0 Å². The van der Waals surface area contributed by atoms with Crippen LogP contribution in [0.1, 0.15) is 23.2 Å². The maximum absolute atomic E-state index is 11.3. The molecule has 2 N–H and O–H groups in total. The van der Waals surface area contributed by atoms with E-state index < -0.39 is 17.9 Å². The zero-order valence-electron chi connectivity index (χ0n) is 7.77. The molecule has 0 aromatic carbocycles. The molecule has 6 nitrogen and oxygen atoms in total. The molecule has 0 saturated heterocycles. The van der Waals surface area contributed by atoms with Gasteiger partial charge in [-0.2, -0.15) is 0 Å². The summed E-state index contributed by atoms with van der Waals surface area (Å²) >= 11 is 0. The van der Waals surface area contributed by atoms with Crippen LogP contribution in [0.3, 0.4) is 0 Å². The Bertz CT molecular complexity index is 358. The number of nitrogens with one attached hydrogen (secondary N) is 1. The molecule has 1 rings (SSSR count). The van der Waals surface area contributed by atoms with Crippen molar-refractivity contribution in [3.05, 3.63) is 17.5 Å². The van der Waals surface area contributed by atoms with E-state index in [1.54, 1.807) is 6.92 Å². The van der Waals surface area contributed by atoms with Crippen molar-refractivity contribution in [3.8, 4) is 0 Å². The predicted molar refractivity (Wildman–Crippen MR) is 45.8 cm³/mol. The third-order valence-corrected chi connectivity index (χ3v) is 1.58. The molecule has 6 heteroatoms. The van der Waals surface area contributed by atoms with Gasteiger partial charge in [0.25, 0.3) is 5.91 Å². The Morgan fingerprint density at radius 1 is 1.64 bits per heavy atom. The molecule has 0 fully saturated rings. The number of rotatable bonds is 3. The third kappa shape index (κ3) is 2.32. The summed E-state index contributed by atoms with van der Waals surface area (Å²) in [5.74, 6) is -1.16. The summed E-state index contributed by atoms with van der Waals surface area (Å²) in [6, 6.07) is 0.490. The summed E-state index contributed by atoms with van der Waals surface area (Å²) in [5, 5.41) is 14.2. The zero-order valence-corrected chi connectivity index (χ0v) is 7.77. The second-order valence-electron chi connectivity index (χ2n) is 2.86. The van der Waals surface area contributed by atoms with Gasteiger partial charge in [-0.15, -0.1) is 0 Å². The Morgan fingerprint density at radius 3 is 2.71 bits per heavy atom. The van der Waals surface area contributed by atoms with Crippen molar-refractivity contribution < 1.29 is 19.2 Å². The standard InChI is InChI=1S/C8H10N2O4/c1-4-3-6(10-14-4)7(11)9-5(2)8(12)13/h3,5H,1-2H3,(H,9,11)(H,12,13). The molecular formula is C8H10N2O4. The first-order valence-electron chi connectivity index (χ1n) is 3.97. The number of hydrogen-bond acceptors (Lipinski definition) is 4. The highest BCUT2D eigenvalue weighted by molar-refractivity contribution is 5.94. The fourth-order valence-electron chi connectivity index (χ4n) is 0.806. The van der Waals surface area contributed by atoms with E-state index in [1.807, 2.05) is 0 Å². The highest BCUT2D eigenvalue weighted by Gasteiger charge is 2.17. The fraction of sp³-hybridized carbons (Fsp3) is 0.375. The fourth-order valence-corrected chi connectivity index (χ4v) is 0.806. The lowest BCUT2D eigenvalue weighted by molar-refractivity contribution is -0.138. The Morgan fingerprint density at radius 2 is 2.29 bits per heavy atom. The van der Waals surface area contributed by atoms with Crippen LogP contribution >= 0.6 is 0 Å². The molecular weight excluding hydrogens is 188 g/mol. The topological polar surface area (TPSA) is 92.4 Å². The van der Waals surface area contributed by atoms with Crippen molar-refractivity contribution in [2.45, 2.75) is 19.9 Å². The summed E-state index contributed by atoms with van der Waals surface area (Å²) in [6.45, 7) is 3.01. The second-order valence-corrected chi connectivity index (χ2v) is 2.86. The van der Waals surface area contributed by atoms with Crippen LogP contribution in [0.5, 0.6) is 0 Å². The van der Waals surface area contributed by atoms with Crippen LogP contribution in [0.15, 0.2) is 10.6 Å². The van der Waals surface area contributed by atoms with Gasteiger partial charge in [0.05, 0.1) is 0 Å². The molecule has 1 atom stereocenters. The Balaban J connectivity index is 2.63. The largest absolute Gasteiger partial charge is 0.480 e. The first-order valence-corrected chi connectivity index (χ1v) is 3.97. The van der Waals surface area contributed by atoms with Crippen LogP contribution in [0.2, 0.25) is 0 Å². The number of aliphatic carboxylic acids is 1. The number of carbonyl (C=O) groups excluding carboxylic acids is 1. The first-order chi connectivity index (χ1) is 6.50. The van der Waals surface area contributed by atoms with Gasteiger partial charge in [-0.3, -0.25) is 9.59 Å². The Labute approximate surface area is 79.9 Å². The molecule has 1 aromatic heterocycles. The van der Waals surface area contributed by atoms with Gasteiger partial charge in [0.2, 0.25) is 0 Å². The number of nitrogens with zero attached hydrogens (tertiary/aromatic N) is 1. The van der Waals surface area contributed by atoms with Gasteiger partial charge in [-0.05, 0) is 13.8 Å². The molecule has 14 heavy (non-hydrogen) atoms. The van der Waals surface area contributed by atoms with Gasteiger partial charge in [0, 0.05) is 6.07 Å². The van der Waals surface area contributed by atoms with Crippen LogP contribution in [0, 0.1) is 6.92 Å². The quantitative estimate of drug-likeness (QED) is 0.723. The van der Waals surface area contributed by atoms with E-state index >= 15 is 0 Å². The summed E-state index contributed by atoms with van der Waals surface area (Å²) in [7, 11) is 0. The molecule has 0 aliphatic heterocycles. The molecule has 0 bridgehead atoms. The predicted octanol–water partition coefficient (Wildman–Crippen LogP) is 0.186. The second kappa shape index (κ2) is 3.91. The van der Waals surface area contributed by atoms with Crippen molar-refractivity contribution in [3.63, 3.8) is 0 Å². The number of carboxylic acids is 1. The zero-order chi connectivity index (χ0) is 10.7. The lowest BCUT2D eigenvalue weighted by Crippen LogP contribution is -2.38. The van der Waals surface area contributed by atoms with Crippen molar-refractivity contribution in [1.82, 2.24) is 10.5 Å². The van der Waals surface area contributed by atoms with E-state index in [1.165, 1.54) is 13.0 Å². The van der Waals surface area contributed by atoms with Crippen LogP contribution in [-0.2, 0) is 4.79 Å².